The first-order valence-corrected chi connectivity index (χ1v) is 5.02. The predicted octanol–water partition coefficient (Wildman–Crippen LogP) is 2.43. The molecular formula is C10H13ClN3+. The molecule has 0 bridgehead atoms. The Morgan fingerprint density at radius 1 is 1.43 bits per heavy atom. The number of fused-ring (bicyclic) bond motifs is 1. The Labute approximate surface area is 88.6 Å². The largest absolute Gasteiger partial charge is 0.243 e. The van der Waals surface area contributed by atoms with E-state index in [1.807, 2.05) is 26.4 Å². The summed E-state index contributed by atoms with van der Waals surface area (Å²) in [6, 6.07) is 1.89. The molecule has 1 aromatic heterocycles. The van der Waals surface area contributed by atoms with E-state index in [1.54, 1.807) is 0 Å². The lowest BCUT2D eigenvalue weighted by Gasteiger charge is -2.17. The lowest BCUT2D eigenvalue weighted by molar-refractivity contribution is 0.433. The van der Waals surface area contributed by atoms with Crippen LogP contribution in [0.25, 0.3) is 0 Å². The summed E-state index contributed by atoms with van der Waals surface area (Å²) in [6.07, 6.45) is 2.74. The van der Waals surface area contributed by atoms with Gasteiger partial charge in [-0.25, -0.2) is 4.98 Å². The molecule has 1 aliphatic heterocycles. The van der Waals surface area contributed by atoms with Gasteiger partial charge < -0.3 is 0 Å². The van der Waals surface area contributed by atoms with Crippen molar-refractivity contribution in [3.05, 3.63) is 23.0 Å². The molecule has 74 valence electrons. The van der Waals surface area contributed by atoms with Crippen molar-refractivity contribution >= 4 is 23.0 Å². The van der Waals surface area contributed by atoms with Gasteiger partial charge in [0.25, 0.3) is 0 Å². The molecule has 0 radical (unpaired) electrons. The lowest BCUT2D eigenvalue weighted by atomic mass is 10.1. The maximum absolute atomic E-state index is 5.87. The van der Waals surface area contributed by atoms with Gasteiger partial charge in [0.2, 0.25) is 0 Å². The maximum Gasteiger partial charge on any atom is 0.172 e. The lowest BCUT2D eigenvalue weighted by Crippen LogP contribution is -2.31. The quantitative estimate of drug-likeness (QED) is 0.516. The molecule has 0 aromatic carbocycles. The van der Waals surface area contributed by atoms with Gasteiger partial charge in [-0.2, -0.15) is 4.59 Å². The molecule has 0 amide bonds. The van der Waals surface area contributed by atoms with Gasteiger partial charge in [0.05, 0.1) is 19.7 Å². The molecule has 0 fully saturated rings. The number of nitrogens with zero attached hydrogens (tertiary/aromatic N) is 3. The van der Waals surface area contributed by atoms with E-state index < -0.39 is 0 Å². The van der Waals surface area contributed by atoms with Gasteiger partial charge in [-0.3, -0.25) is 0 Å². The molecule has 1 aromatic rings. The first-order chi connectivity index (χ1) is 6.54. The highest BCUT2D eigenvalue weighted by Crippen LogP contribution is 2.33. The summed E-state index contributed by atoms with van der Waals surface area (Å²) in [5.74, 6) is 0. The van der Waals surface area contributed by atoms with E-state index in [1.165, 1.54) is 0 Å². The van der Waals surface area contributed by atoms with Crippen LogP contribution < -0.4 is 4.59 Å². The van der Waals surface area contributed by atoms with E-state index in [0.717, 1.165) is 23.4 Å². The summed E-state index contributed by atoms with van der Waals surface area (Å²) < 4.78 is 0.515. The number of quaternary nitrogens is 1. The summed E-state index contributed by atoms with van der Waals surface area (Å²) in [6.45, 7) is 2.10. The van der Waals surface area contributed by atoms with Gasteiger partial charge >= 0.3 is 0 Å². The third kappa shape index (κ3) is 1.33. The van der Waals surface area contributed by atoms with Crippen LogP contribution in [0.2, 0.25) is 5.15 Å². The standard InChI is InChI=1S/C10H13ClN3/c1-4-8-7-6-12-10(11)5-9(7)14(2,3)13-8/h5-6H,4H2,1-3H3/q+1. The zero-order valence-corrected chi connectivity index (χ0v) is 9.34. The van der Waals surface area contributed by atoms with Crippen LogP contribution in [-0.2, 0) is 0 Å². The molecule has 2 heterocycles. The zero-order chi connectivity index (χ0) is 10.3. The van der Waals surface area contributed by atoms with Crippen molar-refractivity contribution in [2.24, 2.45) is 5.10 Å². The highest BCUT2D eigenvalue weighted by Gasteiger charge is 2.33. The summed E-state index contributed by atoms with van der Waals surface area (Å²) in [7, 11) is 4.08. The van der Waals surface area contributed by atoms with Gasteiger partial charge in [0.1, 0.15) is 10.9 Å². The van der Waals surface area contributed by atoms with E-state index in [-0.39, 0.29) is 0 Å². The monoisotopic (exact) mass is 210 g/mol. The first kappa shape index (κ1) is 9.62. The third-order valence-corrected chi connectivity index (χ3v) is 2.66. The van der Waals surface area contributed by atoms with Crippen LogP contribution in [0.5, 0.6) is 0 Å². The van der Waals surface area contributed by atoms with Crippen molar-refractivity contribution < 1.29 is 0 Å². The summed E-state index contributed by atoms with van der Waals surface area (Å²) in [4.78, 5) is 4.09. The van der Waals surface area contributed by atoms with Crippen LogP contribution in [-0.4, -0.2) is 24.8 Å². The van der Waals surface area contributed by atoms with E-state index >= 15 is 0 Å². The molecule has 0 unspecified atom stereocenters. The summed E-state index contributed by atoms with van der Waals surface area (Å²) in [5.41, 5.74) is 3.36. The average molecular weight is 211 g/mol. The van der Waals surface area contributed by atoms with E-state index in [2.05, 4.69) is 17.0 Å². The Morgan fingerprint density at radius 2 is 2.14 bits per heavy atom. The molecule has 2 rings (SSSR count). The second kappa shape index (κ2) is 3.04. The predicted molar refractivity (Wildman–Crippen MR) is 59.7 cm³/mol. The molecule has 0 aliphatic carbocycles. The number of aromatic nitrogens is 1. The SMILES string of the molecule is CCC1=N[N+](C)(C)c2cc(Cl)ncc21. The minimum atomic E-state index is 0.515. The van der Waals surface area contributed by atoms with Crippen LogP contribution in [0.1, 0.15) is 18.9 Å². The molecule has 0 saturated heterocycles. The second-order valence-electron chi connectivity index (χ2n) is 3.82. The summed E-state index contributed by atoms with van der Waals surface area (Å²) in [5, 5.41) is 5.13. The van der Waals surface area contributed by atoms with Crippen molar-refractivity contribution in [1.82, 2.24) is 9.58 Å². The smallest absolute Gasteiger partial charge is 0.172 e. The van der Waals surface area contributed by atoms with Gasteiger partial charge in [0, 0.05) is 12.3 Å². The number of rotatable bonds is 1. The maximum atomic E-state index is 5.87. The van der Waals surface area contributed by atoms with Crippen LogP contribution in [0.3, 0.4) is 0 Å². The van der Waals surface area contributed by atoms with Gasteiger partial charge in [0.15, 0.2) is 5.69 Å². The van der Waals surface area contributed by atoms with Crippen molar-refractivity contribution in [1.29, 1.82) is 0 Å². The summed E-state index contributed by atoms with van der Waals surface area (Å²) >= 11 is 5.87. The highest BCUT2D eigenvalue weighted by molar-refractivity contribution is 6.30. The zero-order valence-electron chi connectivity index (χ0n) is 8.58. The fourth-order valence-corrected chi connectivity index (χ4v) is 1.92. The Balaban J connectivity index is 2.62. The molecule has 3 nitrogen and oxygen atoms in total. The third-order valence-electron chi connectivity index (χ3n) is 2.45. The molecule has 4 heteroatoms. The molecular weight excluding hydrogens is 198 g/mol. The second-order valence-corrected chi connectivity index (χ2v) is 4.21. The number of hydrogen-bond acceptors (Lipinski definition) is 2. The molecule has 1 aliphatic rings. The van der Waals surface area contributed by atoms with Crippen LogP contribution in [0.15, 0.2) is 17.4 Å². The Kier molecular flexibility index (Phi) is 2.09. The van der Waals surface area contributed by atoms with Crippen LogP contribution >= 0.6 is 11.6 Å². The Hall–Kier alpha value is -0.930. The minimum absolute atomic E-state index is 0.515. The highest BCUT2D eigenvalue weighted by atomic mass is 35.5. The Morgan fingerprint density at radius 3 is 2.79 bits per heavy atom. The molecule has 14 heavy (non-hydrogen) atoms. The van der Waals surface area contributed by atoms with Crippen LogP contribution in [0, 0.1) is 0 Å². The van der Waals surface area contributed by atoms with Crippen molar-refractivity contribution in [3.63, 3.8) is 0 Å². The molecule has 0 N–H and O–H groups in total. The van der Waals surface area contributed by atoms with Crippen molar-refractivity contribution in [2.75, 3.05) is 14.1 Å². The van der Waals surface area contributed by atoms with Crippen molar-refractivity contribution in [2.45, 2.75) is 13.3 Å². The molecule has 0 saturated carbocycles. The Bertz CT molecular complexity index is 410. The van der Waals surface area contributed by atoms with Gasteiger partial charge in [-0.05, 0) is 6.42 Å². The van der Waals surface area contributed by atoms with E-state index in [0.29, 0.717) is 9.75 Å². The fourth-order valence-electron chi connectivity index (χ4n) is 1.77. The van der Waals surface area contributed by atoms with E-state index in [4.69, 9.17) is 11.6 Å². The van der Waals surface area contributed by atoms with Crippen LogP contribution in [0.4, 0.5) is 5.69 Å². The average Bonchev–Trinajstić information content (AvgIpc) is 2.38. The number of hydrogen-bond donors (Lipinski definition) is 0. The van der Waals surface area contributed by atoms with Gasteiger partial charge in [-0.1, -0.05) is 23.6 Å². The van der Waals surface area contributed by atoms with E-state index in [9.17, 15) is 0 Å². The molecule has 0 spiro atoms. The normalized spacial score (nSPS) is 17.9. The van der Waals surface area contributed by atoms with Crippen molar-refractivity contribution in [3.8, 4) is 0 Å². The fraction of sp³-hybridized carbons (Fsp3) is 0.400. The minimum Gasteiger partial charge on any atom is -0.243 e. The number of halogens is 1. The topological polar surface area (TPSA) is 25.2 Å². The first-order valence-electron chi connectivity index (χ1n) is 4.64. The number of pyridine rings is 1. The van der Waals surface area contributed by atoms with Gasteiger partial charge in [-0.15, -0.1) is 0 Å². The molecule has 0 atom stereocenters.